The van der Waals surface area contributed by atoms with Crippen molar-refractivity contribution in [3.63, 3.8) is 0 Å². The molecule has 0 aliphatic carbocycles. The molecule has 0 aliphatic heterocycles. The third-order valence-corrected chi connectivity index (χ3v) is 5.92. The number of carbonyl (C=O) groups excluding carboxylic acids is 1. The zero-order chi connectivity index (χ0) is 19.9. The first kappa shape index (κ1) is 20.0. The number of fused-ring (bicyclic) bond motifs is 1. The number of methoxy groups -OCH3 is 3. The SMILES string of the molecule is COc1cc(OC)c(C=NNC(=O)CSc2nc3ccccc3s2)c(OC)c1. The summed E-state index contributed by atoms with van der Waals surface area (Å²) in [5.41, 5.74) is 4.05. The van der Waals surface area contributed by atoms with Crippen LogP contribution in [0.3, 0.4) is 0 Å². The van der Waals surface area contributed by atoms with E-state index in [0.29, 0.717) is 22.8 Å². The minimum Gasteiger partial charge on any atom is -0.496 e. The van der Waals surface area contributed by atoms with E-state index < -0.39 is 0 Å². The summed E-state index contributed by atoms with van der Waals surface area (Å²) in [4.78, 5) is 16.6. The molecule has 3 aromatic rings. The van der Waals surface area contributed by atoms with Crippen LogP contribution < -0.4 is 19.6 Å². The monoisotopic (exact) mass is 417 g/mol. The largest absolute Gasteiger partial charge is 0.496 e. The van der Waals surface area contributed by atoms with Gasteiger partial charge in [-0.15, -0.1) is 11.3 Å². The van der Waals surface area contributed by atoms with E-state index in [2.05, 4.69) is 15.5 Å². The van der Waals surface area contributed by atoms with Gasteiger partial charge in [0.1, 0.15) is 17.2 Å². The molecule has 7 nitrogen and oxygen atoms in total. The molecule has 3 rings (SSSR count). The van der Waals surface area contributed by atoms with Crippen molar-refractivity contribution >= 4 is 45.4 Å². The molecule has 1 heterocycles. The second-order valence-corrected chi connectivity index (χ2v) is 7.73. The molecule has 0 saturated carbocycles. The second-order valence-electron chi connectivity index (χ2n) is 5.47. The maximum atomic E-state index is 12.1. The van der Waals surface area contributed by atoms with Crippen LogP contribution in [-0.4, -0.2) is 44.2 Å². The van der Waals surface area contributed by atoms with Crippen LogP contribution in [0.1, 0.15) is 5.56 Å². The Kier molecular flexibility index (Phi) is 6.72. The number of ether oxygens (including phenoxy) is 3. The Balaban J connectivity index is 1.61. The van der Waals surface area contributed by atoms with Crippen molar-refractivity contribution in [1.29, 1.82) is 0 Å². The first-order chi connectivity index (χ1) is 13.6. The van der Waals surface area contributed by atoms with Gasteiger partial charge in [-0.25, -0.2) is 10.4 Å². The number of nitrogens with one attached hydrogen (secondary N) is 1. The molecule has 1 N–H and O–H groups in total. The van der Waals surface area contributed by atoms with E-state index in [4.69, 9.17) is 14.2 Å². The lowest BCUT2D eigenvalue weighted by atomic mass is 10.2. The highest BCUT2D eigenvalue weighted by Crippen LogP contribution is 2.32. The number of aromatic nitrogens is 1. The normalized spacial score (nSPS) is 11.0. The fourth-order valence-electron chi connectivity index (χ4n) is 2.40. The molecule has 0 radical (unpaired) electrons. The van der Waals surface area contributed by atoms with Gasteiger partial charge in [-0.3, -0.25) is 4.79 Å². The van der Waals surface area contributed by atoms with Crippen molar-refractivity contribution in [2.45, 2.75) is 4.34 Å². The van der Waals surface area contributed by atoms with Gasteiger partial charge >= 0.3 is 0 Å². The number of benzene rings is 2. The van der Waals surface area contributed by atoms with Crippen molar-refractivity contribution in [3.8, 4) is 17.2 Å². The average molecular weight is 418 g/mol. The predicted octanol–water partition coefficient (Wildman–Crippen LogP) is 3.56. The standard InChI is InChI=1S/C19H19N3O4S2/c1-24-12-8-15(25-2)13(16(9-12)26-3)10-20-22-18(23)11-27-19-21-14-6-4-5-7-17(14)28-19/h4-10H,11H2,1-3H3,(H,22,23). The maximum absolute atomic E-state index is 12.1. The summed E-state index contributed by atoms with van der Waals surface area (Å²) in [6, 6.07) is 11.3. The Morgan fingerprint density at radius 2 is 1.89 bits per heavy atom. The van der Waals surface area contributed by atoms with Gasteiger partial charge in [-0.2, -0.15) is 5.10 Å². The zero-order valence-electron chi connectivity index (χ0n) is 15.6. The Morgan fingerprint density at radius 1 is 1.18 bits per heavy atom. The molecule has 0 atom stereocenters. The van der Waals surface area contributed by atoms with Crippen molar-refractivity contribution in [3.05, 3.63) is 42.0 Å². The van der Waals surface area contributed by atoms with Gasteiger partial charge in [-0.1, -0.05) is 23.9 Å². The van der Waals surface area contributed by atoms with Crippen LogP contribution in [0, 0.1) is 0 Å². The third kappa shape index (κ3) is 4.73. The lowest BCUT2D eigenvalue weighted by Crippen LogP contribution is -2.19. The van der Waals surface area contributed by atoms with Crippen LogP contribution in [0.25, 0.3) is 10.2 Å². The van der Waals surface area contributed by atoms with Crippen LogP contribution in [0.4, 0.5) is 0 Å². The summed E-state index contributed by atoms with van der Waals surface area (Å²) in [6.07, 6.45) is 1.48. The zero-order valence-corrected chi connectivity index (χ0v) is 17.2. The van der Waals surface area contributed by atoms with E-state index in [1.807, 2.05) is 24.3 Å². The summed E-state index contributed by atoms with van der Waals surface area (Å²) >= 11 is 2.94. The quantitative estimate of drug-likeness (QED) is 0.343. The molecular formula is C19H19N3O4S2. The summed E-state index contributed by atoms with van der Waals surface area (Å²) < 4.78 is 17.9. The number of para-hydroxylation sites is 1. The number of hydrogen-bond donors (Lipinski definition) is 1. The van der Waals surface area contributed by atoms with E-state index in [1.54, 1.807) is 44.8 Å². The molecule has 2 aromatic carbocycles. The Labute approximate surface area is 170 Å². The third-order valence-electron chi connectivity index (χ3n) is 3.74. The number of thiazole rings is 1. The lowest BCUT2D eigenvalue weighted by molar-refractivity contribution is -0.118. The highest BCUT2D eigenvalue weighted by atomic mass is 32.2. The van der Waals surface area contributed by atoms with Gasteiger partial charge in [0.15, 0.2) is 4.34 Å². The molecule has 1 aromatic heterocycles. The summed E-state index contributed by atoms with van der Waals surface area (Å²) in [6.45, 7) is 0. The summed E-state index contributed by atoms with van der Waals surface area (Å²) in [7, 11) is 4.64. The second kappa shape index (κ2) is 9.43. The van der Waals surface area contributed by atoms with Gasteiger partial charge in [0, 0.05) is 12.1 Å². The smallest absolute Gasteiger partial charge is 0.250 e. The Morgan fingerprint density at radius 3 is 2.54 bits per heavy atom. The van der Waals surface area contributed by atoms with Gasteiger partial charge in [-0.05, 0) is 12.1 Å². The molecular weight excluding hydrogens is 398 g/mol. The van der Waals surface area contributed by atoms with Gasteiger partial charge < -0.3 is 14.2 Å². The Bertz CT molecular complexity index is 946. The van der Waals surface area contributed by atoms with Crippen LogP contribution in [-0.2, 0) is 4.79 Å². The van der Waals surface area contributed by atoms with Crippen molar-refractivity contribution in [2.75, 3.05) is 27.1 Å². The van der Waals surface area contributed by atoms with E-state index in [9.17, 15) is 4.79 Å². The molecule has 0 aliphatic rings. The number of amides is 1. The molecule has 146 valence electrons. The average Bonchev–Trinajstić information content (AvgIpc) is 3.15. The van der Waals surface area contributed by atoms with E-state index in [1.165, 1.54) is 18.0 Å². The van der Waals surface area contributed by atoms with Crippen LogP contribution in [0.15, 0.2) is 45.8 Å². The molecule has 9 heteroatoms. The van der Waals surface area contributed by atoms with Crippen molar-refractivity contribution in [2.24, 2.45) is 5.10 Å². The van der Waals surface area contributed by atoms with E-state index in [-0.39, 0.29) is 11.7 Å². The maximum Gasteiger partial charge on any atom is 0.250 e. The number of carbonyl (C=O) groups is 1. The van der Waals surface area contributed by atoms with Crippen LogP contribution in [0.5, 0.6) is 17.2 Å². The fraction of sp³-hybridized carbons (Fsp3) is 0.211. The highest BCUT2D eigenvalue weighted by Gasteiger charge is 2.12. The molecule has 1 amide bonds. The number of hydrogen-bond acceptors (Lipinski definition) is 8. The molecule has 0 spiro atoms. The molecule has 0 fully saturated rings. The van der Waals surface area contributed by atoms with E-state index in [0.717, 1.165) is 14.6 Å². The lowest BCUT2D eigenvalue weighted by Gasteiger charge is -2.12. The van der Waals surface area contributed by atoms with Crippen LogP contribution >= 0.6 is 23.1 Å². The first-order valence-electron chi connectivity index (χ1n) is 8.25. The van der Waals surface area contributed by atoms with Crippen molar-refractivity contribution in [1.82, 2.24) is 10.4 Å². The minimum absolute atomic E-state index is 0.216. The fourth-order valence-corrected chi connectivity index (χ4v) is 4.26. The number of thioether (sulfide) groups is 1. The molecule has 0 unspecified atom stereocenters. The van der Waals surface area contributed by atoms with E-state index >= 15 is 0 Å². The molecule has 0 bridgehead atoms. The van der Waals surface area contributed by atoms with Gasteiger partial charge in [0.2, 0.25) is 0 Å². The van der Waals surface area contributed by atoms with Gasteiger partial charge in [0.05, 0.1) is 49.1 Å². The number of rotatable bonds is 8. The highest BCUT2D eigenvalue weighted by molar-refractivity contribution is 8.01. The Hall–Kier alpha value is -2.78. The van der Waals surface area contributed by atoms with Crippen molar-refractivity contribution < 1.29 is 19.0 Å². The molecule has 28 heavy (non-hydrogen) atoms. The first-order valence-corrected chi connectivity index (χ1v) is 10.0. The topological polar surface area (TPSA) is 82.0 Å². The summed E-state index contributed by atoms with van der Waals surface area (Å²) in [5.74, 6) is 1.64. The van der Waals surface area contributed by atoms with Gasteiger partial charge in [0.25, 0.3) is 5.91 Å². The number of nitrogens with zero attached hydrogens (tertiary/aromatic N) is 2. The minimum atomic E-state index is -0.230. The van der Waals surface area contributed by atoms with Crippen LogP contribution in [0.2, 0.25) is 0 Å². The summed E-state index contributed by atoms with van der Waals surface area (Å²) in [5, 5.41) is 4.01. The molecule has 0 saturated heterocycles. The number of hydrazone groups is 1. The predicted molar refractivity (Wildman–Crippen MR) is 112 cm³/mol.